The standard InChI is InChI=1S/C16H25NO3/c1-12-5-6-13(2)15(11-12)16(19)14(3)17(7-9-18)8-10-20-4/h5-6,11,14,18H,7-10H2,1-4H3. The molecule has 0 saturated carbocycles. The molecule has 0 fully saturated rings. The summed E-state index contributed by atoms with van der Waals surface area (Å²) in [4.78, 5) is 14.6. The zero-order valence-electron chi connectivity index (χ0n) is 12.8. The summed E-state index contributed by atoms with van der Waals surface area (Å²) in [5, 5.41) is 9.14. The van der Waals surface area contributed by atoms with E-state index in [1.165, 1.54) is 0 Å². The highest BCUT2D eigenvalue weighted by Gasteiger charge is 2.23. The minimum Gasteiger partial charge on any atom is -0.395 e. The van der Waals surface area contributed by atoms with Gasteiger partial charge in [0.25, 0.3) is 0 Å². The number of carbonyl (C=O) groups excluding carboxylic acids is 1. The van der Waals surface area contributed by atoms with E-state index in [1.807, 2.05) is 43.9 Å². The zero-order chi connectivity index (χ0) is 15.1. The van der Waals surface area contributed by atoms with Crippen LogP contribution in [0, 0.1) is 13.8 Å². The molecule has 0 amide bonds. The predicted octanol–water partition coefficient (Wildman–Crippen LogP) is 1.82. The van der Waals surface area contributed by atoms with E-state index >= 15 is 0 Å². The quantitative estimate of drug-likeness (QED) is 0.737. The topological polar surface area (TPSA) is 49.8 Å². The molecule has 0 aromatic heterocycles. The average molecular weight is 279 g/mol. The molecule has 0 bridgehead atoms. The number of carbonyl (C=O) groups is 1. The molecule has 1 N–H and O–H groups in total. The zero-order valence-corrected chi connectivity index (χ0v) is 12.8. The molecule has 1 atom stereocenters. The van der Waals surface area contributed by atoms with Gasteiger partial charge in [-0.3, -0.25) is 9.69 Å². The number of ketones is 1. The fourth-order valence-corrected chi connectivity index (χ4v) is 2.23. The number of methoxy groups -OCH3 is 1. The van der Waals surface area contributed by atoms with Crippen LogP contribution in [-0.2, 0) is 4.74 Å². The van der Waals surface area contributed by atoms with Crippen LogP contribution >= 0.6 is 0 Å². The summed E-state index contributed by atoms with van der Waals surface area (Å²) < 4.78 is 5.06. The summed E-state index contributed by atoms with van der Waals surface area (Å²) in [6.07, 6.45) is 0. The lowest BCUT2D eigenvalue weighted by Gasteiger charge is -2.27. The van der Waals surface area contributed by atoms with Gasteiger partial charge in [-0.25, -0.2) is 0 Å². The minimum absolute atomic E-state index is 0.0358. The van der Waals surface area contributed by atoms with Crippen LogP contribution in [0.2, 0.25) is 0 Å². The van der Waals surface area contributed by atoms with Gasteiger partial charge in [0, 0.05) is 25.8 Å². The summed E-state index contributed by atoms with van der Waals surface area (Å²) in [6.45, 7) is 7.51. The molecule has 1 aromatic carbocycles. The largest absolute Gasteiger partial charge is 0.395 e. The van der Waals surface area contributed by atoms with E-state index in [0.29, 0.717) is 19.7 Å². The first kappa shape index (κ1) is 16.8. The second kappa shape index (κ2) is 8.15. The van der Waals surface area contributed by atoms with Crippen LogP contribution in [0.25, 0.3) is 0 Å². The van der Waals surface area contributed by atoms with Crippen molar-refractivity contribution in [2.75, 3.05) is 33.4 Å². The van der Waals surface area contributed by atoms with Gasteiger partial charge in [0.15, 0.2) is 5.78 Å². The van der Waals surface area contributed by atoms with Crippen molar-refractivity contribution in [1.82, 2.24) is 4.90 Å². The molecule has 1 aromatic rings. The highest BCUT2D eigenvalue weighted by molar-refractivity contribution is 6.01. The third kappa shape index (κ3) is 4.40. The molecule has 4 heteroatoms. The maximum absolute atomic E-state index is 12.6. The number of aryl methyl sites for hydroxylation is 2. The first-order valence-corrected chi connectivity index (χ1v) is 6.96. The molecule has 0 aliphatic heterocycles. The molecule has 0 heterocycles. The van der Waals surface area contributed by atoms with Gasteiger partial charge in [-0.2, -0.15) is 0 Å². The highest BCUT2D eigenvalue weighted by Crippen LogP contribution is 2.15. The van der Waals surface area contributed by atoms with E-state index in [9.17, 15) is 4.79 Å². The Hall–Kier alpha value is -1.23. The van der Waals surface area contributed by atoms with Crippen molar-refractivity contribution in [2.24, 2.45) is 0 Å². The lowest BCUT2D eigenvalue weighted by atomic mass is 9.97. The fourth-order valence-electron chi connectivity index (χ4n) is 2.23. The average Bonchev–Trinajstić information content (AvgIpc) is 2.44. The lowest BCUT2D eigenvalue weighted by molar-refractivity contribution is 0.0730. The number of Topliss-reactive ketones (excluding diaryl/α,β-unsaturated/α-hetero) is 1. The van der Waals surface area contributed by atoms with Crippen LogP contribution in [0.4, 0.5) is 0 Å². The number of ether oxygens (including phenoxy) is 1. The molecule has 4 nitrogen and oxygen atoms in total. The number of nitrogens with zero attached hydrogens (tertiary/aromatic N) is 1. The number of hydrogen-bond donors (Lipinski definition) is 1. The Morgan fingerprint density at radius 2 is 2.05 bits per heavy atom. The summed E-state index contributed by atoms with van der Waals surface area (Å²) in [5.41, 5.74) is 2.83. The fraction of sp³-hybridized carbons (Fsp3) is 0.562. The van der Waals surface area contributed by atoms with Crippen LogP contribution in [0.5, 0.6) is 0 Å². The van der Waals surface area contributed by atoms with E-state index < -0.39 is 0 Å². The van der Waals surface area contributed by atoms with E-state index in [0.717, 1.165) is 16.7 Å². The van der Waals surface area contributed by atoms with Crippen LogP contribution in [-0.4, -0.2) is 55.2 Å². The summed E-state index contributed by atoms with van der Waals surface area (Å²) in [7, 11) is 1.63. The highest BCUT2D eigenvalue weighted by atomic mass is 16.5. The van der Waals surface area contributed by atoms with Gasteiger partial charge >= 0.3 is 0 Å². The van der Waals surface area contributed by atoms with Crippen molar-refractivity contribution in [3.05, 3.63) is 34.9 Å². The molecule has 0 aliphatic rings. The molecule has 0 saturated heterocycles. The van der Waals surface area contributed by atoms with Gasteiger partial charge < -0.3 is 9.84 Å². The second-order valence-corrected chi connectivity index (χ2v) is 5.11. The van der Waals surface area contributed by atoms with E-state index in [2.05, 4.69) is 0 Å². The Kier molecular flexibility index (Phi) is 6.85. The summed E-state index contributed by atoms with van der Waals surface area (Å²) in [6, 6.07) is 5.65. The number of aliphatic hydroxyl groups is 1. The molecule has 0 spiro atoms. The smallest absolute Gasteiger partial charge is 0.179 e. The van der Waals surface area contributed by atoms with Crippen LogP contribution in [0.15, 0.2) is 18.2 Å². The third-order valence-electron chi connectivity index (χ3n) is 3.56. The van der Waals surface area contributed by atoms with Crippen molar-refractivity contribution in [3.8, 4) is 0 Å². The summed E-state index contributed by atoms with van der Waals surface area (Å²) >= 11 is 0. The monoisotopic (exact) mass is 279 g/mol. The van der Waals surface area contributed by atoms with Crippen molar-refractivity contribution in [1.29, 1.82) is 0 Å². The van der Waals surface area contributed by atoms with Crippen LogP contribution in [0.1, 0.15) is 28.4 Å². The van der Waals surface area contributed by atoms with Gasteiger partial charge in [0.1, 0.15) is 0 Å². The molecular weight excluding hydrogens is 254 g/mol. The number of aliphatic hydroxyl groups excluding tert-OH is 1. The van der Waals surface area contributed by atoms with E-state index in [-0.39, 0.29) is 18.4 Å². The number of rotatable bonds is 8. The SMILES string of the molecule is COCCN(CCO)C(C)C(=O)c1cc(C)ccc1C. The molecule has 0 radical (unpaired) electrons. The Morgan fingerprint density at radius 1 is 1.35 bits per heavy atom. The Morgan fingerprint density at radius 3 is 2.65 bits per heavy atom. The second-order valence-electron chi connectivity index (χ2n) is 5.11. The number of hydrogen-bond acceptors (Lipinski definition) is 4. The van der Waals surface area contributed by atoms with Crippen molar-refractivity contribution in [3.63, 3.8) is 0 Å². The van der Waals surface area contributed by atoms with Crippen molar-refractivity contribution >= 4 is 5.78 Å². The Balaban J connectivity index is 2.89. The molecule has 1 rings (SSSR count). The molecule has 0 aliphatic carbocycles. The normalized spacial score (nSPS) is 12.7. The first-order valence-electron chi connectivity index (χ1n) is 6.96. The predicted molar refractivity (Wildman–Crippen MR) is 80.2 cm³/mol. The van der Waals surface area contributed by atoms with Gasteiger partial charge in [-0.1, -0.05) is 17.7 Å². The lowest BCUT2D eigenvalue weighted by Crippen LogP contribution is -2.42. The Labute approximate surface area is 121 Å². The minimum atomic E-state index is -0.266. The van der Waals surface area contributed by atoms with Gasteiger partial charge in [-0.15, -0.1) is 0 Å². The number of benzene rings is 1. The van der Waals surface area contributed by atoms with Crippen molar-refractivity contribution < 1.29 is 14.6 Å². The molecule has 20 heavy (non-hydrogen) atoms. The molecular formula is C16H25NO3. The third-order valence-corrected chi connectivity index (χ3v) is 3.56. The van der Waals surface area contributed by atoms with Gasteiger partial charge in [0.05, 0.1) is 19.3 Å². The maximum atomic E-state index is 12.6. The molecule has 112 valence electrons. The van der Waals surface area contributed by atoms with Gasteiger partial charge in [-0.05, 0) is 32.4 Å². The Bertz CT molecular complexity index is 445. The molecule has 1 unspecified atom stereocenters. The van der Waals surface area contributed by atoms with Crippen LogP contribution in [0.3, 0.4) is 0 Å². The van der Waals surface area contributed by atoms with Crippen molar-refractivity contribution in [2.45, 2.75) is 26.8 Å². The maximum Gasteiger partial charge on any atom is 0.179 e. The van der Waals surface area contributed by atoms with E-state index in [4.69, 9.17) is 9.84 Å². The first-order chi connectivity index (χ1) is 9.51. The summed E-state index contributed by atoms with van der Waals surface area (Å²) in [5.74, 6) is 0.0933. The van der Waals surface area contributed by atoms with Gasteiger partial charge in [0.2, 0.25) is 0 Å². The van der Waals surface area contributed by atoms with Crippen LogP contribution < -0.4 is 0 Å². The van der Waals surface area contributed by atoms with E-state index in [1.54, 1.807) is 7.11 Å².